The van der Waals surface area contributed by atoms with E-state index < -0.39 is 17.5 Å². The topological polar surface area (TPSA) is 77.2 Å². The number of carbonyl (C=O) groups excluding carboxylic acids is 1. The van der Waals surface area contributed by atoms with E-state index >= 15 is 0 Å². The maximum Gasteiger partial charge on any atom is 0.408 e. The summed E-state index contributed by atoms with van der Waals surface area (Å²) in [6, 6.07) is 1.18. The summed E-state index contributed by atoms with van der Waals surface area (Å²) in [5.41, 5.74) is 5.07. The van der Waals surface area contributed by atoms with Crippen molar-refractivity contribution in [2.24, 2.45) is 0 Å². The molecule has 0 radical (unpaired) electrons. The highest BCUT2D eigenvalue weighted by molar-refractivity contribution is 5.68. The number of hydrogen-bond donors (Lipinski definition) is 2. The number of anilines is 1. The second kappa shape index (κ2) is 6.05. The van der Waals surface area contributed by atoms with Gasteiger partial charge in [0.2, 0.25) is 0 Å². The number of nitrogens with two attached hydrogens (primary N) is 1. The van der Waals surface area contributed by atoms with Crippen molar-refractivity contribution >= 4 is 11.9 Å². The van der Waals surface area contributed by atoms with Crippen molar-refractivity contribution in [2.75, 3.05) is 12.3 Å². The van der Waals surface area contributed by atoms with Gasteiger partial charge in [0.25, 0.3) is 0 Å². The van der Waals surface area contributed by atoms with E-state index in [1.165, 1.54) is 12.3 Å². The van der Waals surface area contributed by atoms with Crippen LogP contribution in [-0.2, 0) is 4.74 Å². The van der Waals surface area contributed by atoms with Crippen LogP contribution in [0.15, 0.2) is 12.3 Å². The predicted octanol–water partition coefficient (Wildman–Crippen LogP) is 1.68. The molecule has 1 aromatic rings. The van der Waals surface area contributed by atoms with Gasteiger partial charge >= 0.3 is 6.09 Å². The first-order valence-electron chi connectivity index (χ1n) is 5.64. The number of halogens is 1. The van der Waals surface area contributed by atoms with Gasteiger partial charge in [-0.15, -0.1) is 0 Å². The monoisotopic (exact) mass is 265 g/mol. The van der Waals surface area contributed by atoms with Crippen LogP contribution in [0.2, 0.25) is 0 Å². The Hall–Kier alpha value is -2.29. The lowest BCUT2D eigenvalue weighted by molar-refractivity contribution is 0.0535. The van der Waals surface area contributed by atoms with Gasteiger partial charge in [0.15, 0.2) is 11.6 Å². The molecule has 0 saturated heterocycles. The van der Waals surface area contributed by atoms with Crippen molar-refractivity contribution in [2.45, 2.75) is 26.4 Å². The van der Waals surface area contributed by atoms with Gasteiger partial charge in [-0.2, -0.15) is 0 Å². The maximum absolute atomic E-state index is 13.1. The van der Waals surface area contributed by atoms with Gasteiger partial charge in [0, 0.05) is 11.8 Å². The first-order valence-corrected chi connectivity index (χ1v) is 5.64. The lowest BCUT2D eigenvalue weighted by atomic mass is 10.2. The molecule has 102 valence electrons. The number of nitrogens with zero attached hydrogens (tertiary/aromatic N) is 1. The quantitative estimate of drug-likeness (QED) is 0.757. The number of hydrogen-bond acceptors (Lipinski definition) is 4. The van der Waals surface area contributed by atoms with Crippen molar-refractivity contribution in [3.63, 3.8) is 0 Å². The number of amides is 1. The van der Waals surface area contributed by atoms with Crippen LogP contribution >= 0.6 is 0 Å². The van der Waals surface area contributed by atoms with Crippen LogP contribution in [0, 0.1) is 17.7 Å². The number of pyridine rings is 1. The van der Waals surface area contributed by atoms with E-state index in [0.717, 1.165) is 0 Å². The molecular formula is C13H16FN3O2. The zero-order valence-electron chi connectivity index (χ0n) is 11.1. The highest BCUT2D eigenvalue weighted by Gasteiger charge is 2.14. The molecule has 0 aliphatic carbocycles. The van der Waals surface area contributed by atoms with Crippen LogP contribution in [0.5, 0.6) is 0 Å². The van der Waals surface area contributed by atoms with Crippen LogP contribution in [0.4, 0.5) is 15.0 Å². The summed E-state index contributed by atoms with van der Waals surface area (Å²) in [7, 11) is 0. The van der Waals surface area contributed by atoms with Crippen molar-refractivity contribution in [3.8, 4) is 11.8 Å². The Labute approximate surface area is 111 Å². The van der Waals surface area contributed by atoms with Crippen LogP contribution in [0.3, 0.4) is 0 Å². The second-order valence-corrected chi connectivity index (χ2v) is 4.75. The number of ether oxygens (including phenoxy) is 1. The summed E-state index contributed by atoms with van der Waals surface area (Å²) in [6.45, 7) is 5.39. The van der Waals surface area contributed by atoms with Gasteiger partial charge in [-0.25, -0.2) is 14.2 Å². The van der Waals surface area contributed by atoms with Crippen LogP contribution in [0.25, 0.3) is 0 Å². The Morgan fingerprint density at radius 2 is 2.26 bits per heavy atom. The molecule has 0 fully saturated rings. The third-order valence-corrected chi connectivity index (χ3v) is 1.82. The van der Waals surface area contributed by atoms with Gasteiger partial charge in [-0.1, -0.05) is 11.8 Å². The third-order valence-electron chi connectivity index (χ3n) is 1.82. The normalized spacial score (nSPS) is 10.3. The Morgan fingerprint density at radius 1 is 1.58 bits per heavy atom. The van der Waals surface area contributed by atoms with E-state index in [1.807, 2.05) is 0 Å². The molecule has 0 atom stereocenters. The average Bonchev–Trinajstić information content (AvgIpc) is 2.27. The molecule has 5 nitrogen and oxygen atoms in total. The highest BCUT2D eigenvalue weighted by atomic mass is 19.1. The lowest BCUT2D eigenvalue weighted by Gasteiger charge is -2.18. The molecule has 0 bridgehead atoms. The number of aromatic nitrogens is 1. The first kappa shape index (κ1) is 14.8. The van der Waals surface area contributed by atoms with E-state index in [4.69, 9.17) is 10.5 Å². The van der Waals surface area contributed by atoms with Crippen molar-refractivity contribution in [3.05, 3.63) is 23.6 Å². The molecule has 1 rings (SSSR count). The number of nitrogens with one attached hydrogen (secondary N) is 1. The van der Waals surface area contributed by atoms with Crippen molar-refractivity contribution < 1.29 is 13.9 Å². The lowest BCUT2D eigenvalue weighted by Crippen LogP contribution is -2.32. The smallest absolute Gasteiger partial charge is 0.408 e. The molecule has 3 N–H and O–H groups in total. The molecule has 0 saturated carbocycles. The fourth-order valence-electron chi connectivity index (χ4n) is 1.09. The predicted molar refractivity (Wildman–Crippen MR) is 69.7 cm³/mol. The molecule has 6 heteroatoms. The number of alkyl carbamates (subject to hydrolysis) is 1. The van der Waals surface area contributed by atoms with E-state index in [9.17, 15) is 9.18 Å². The summed E-state index contributed by atoms with van der Waals surface area (Å²) in [4.78, 5) is 14.9. The standard InChI is InChI=1S/C13H16FN3O2/c1-13(2,3)19-12(18)16-6-4-5-9-7-10(14)11(15)17-8-9/h7-8H,6H2,1-3H3,(H2,15,17)(H,16,18). The maximum atomic E-state index is 13.1. The minimum Gasteiger partial charge on any atom is -0.444 e. The van der Waals surface area contributed by atoms with Gasteiger partial charge in [0.05, 0.1) is 6.54 Å². The summed E-state index contributed by atoms with van der Waals surface area (Å²) < 4.78 is 18.1. The minimum absolute atomic E-state index is 0.0981. The molecule has 0 spiro atoms. The summed E-state index contributed by atoms with van der Waals surface area (Å²) >= 11 is 0. The van der Waals surface area contributed by atoms with Gasteiger partial charge in [0.1, 0.15) is 5.60 Å². The first-order chi connectivity index (χ1) is 8.78. The Kier molecular flexibility index (Phi) is 4.70. The minimum atomic E-state index is -0.619. The molecule has 19 heavy (non-hydrogen) atoms. The molecule has 1 amide bonds. The van der Waals surface area contributed by atoms with Gasteiger partial charge in [-0.05, 0) is 26.8 Å². The molecule has 0 unspecified atom stereocenters. The van der Waals surface area contributed by atoms with Crippen molar-refractivity contribution in [1.29, 1.82) is 0 Å². The molecular weight excluding hydrogens is 249 g/mol. The SMILES string of the molecule is CC(C)(C)OC(=O)NCC#Cc1cnc(N)c(F)c1. The van der Waals surface area contributed by atoms with E-state index in [-0.39, 0.29) is 12.4 Å². The van der Waals surface area contributed by atoms with Crippen LogP contribution < -0.4 is 11.1 Å². The van der Waals surface area contributed by atoms with E-state index in [2.05, 4.69) is 22.1 Å². The summed E-state index contributed by atoms with van der Waals surface area (Å²) in [5.74, 6) is 4.52. The largest absolute Gasteiger partial charge is 0.444 e. The Bertz CT molecular complexity index is 527. The number of rotatable bonds is 1. The molecule has 1 heterocycles. The zero-order chi connectivity index (χ0) is 14.5. The molecule has 0 aliphatic rings. The number of nitrogen functional groups attached to an aromatic ring is 1. The molecule has 0 aromatic carbocycles. The van der Waals surface area contributed by atoms with Crippen LogP contribution in [0.1, 0.15) is 26.3 Å². The Morgan fingerprint density at radius 3 is 2.84 bits per heavy atom. The highest BCUT2D eigenvalue weighted by Crippen LogP contribution is 2.07. The van der Waals surface area contributed by atoms with E-state index in [0.29, 0.717) is 5.56 Å². The fraction of sp³-hybridized carbons (Fsp3) is 0.385. The summed E-state index contributed by atoms with van der Waals surface area (Å²) in [6.07, 6.45) is 0.808. The average molecular weight is 265 g/mol. The van der Waals surface area contributed by atoms with Gasteiger partial charge < -0.3 is 15.8 Å². The Balaban J connectivity index is 2.47. The van der Waals surface area contributed by atoms with Crippen LogP contribution in [-0.4, -0.2) is 23.2 Å². The fourth-order valence-corrected chi connectivity index (χ4v) is 1.09. The van der Waals surface area contributed by atoms with Gasteiger partial charge in [-0.3, -0.25) is 0 Å². The third kappa shape index (κ3) is 5.73. The zero-order valence-corrected chi connectivity index (χ0v) is 11.1. The molecule has 0 aliphatic heterocycles. The van der Waals surface area contributed by atoms with Crippen molar-refractivity contribution in [1.82, 2.24) is 10.3 Å². The number of carbonyl (C=O) groups is 1. The summed E-state index contributed by atoms with van der Waals surface area (Å²) in [5, 5.41) is 2.46. The second-order valence-electron chi connectivity index (χ2n) is 4.75. The molecule has 1 aromatic heterocycles. The van der Waals surface area contributed by atoms with E-state index in [1.54, 1.807) is 20.8 Å².